The second kappa shape index (κ2) is 4.37. The van der Waals surface area contributed by atoms with E-state index in [4.69, 9.17) is 5.73 Å². The molecule has 90 valence electrons. The van der Waals surface area contributed by atoms with Crippen molar-refractivity contribution in [1.29, 1.82) is 0 Å². The average molecular weight is 368 g/mol. The Bertz CT molecular complexity index is 736. The van der Waals surface area contributed by atoms with Gasteiger partial charge in [-0.1, -0.05) is 0 Å². The molecule has 0 bridgehead atoms. The zero-order chi connectivity index (χ0) is 12.7. The lowest BCUT2D eigenvalue weighted by Gasteiger charge is -1.99. The predicted molar refractivity (Wildman–Crippen MR) is 78.2 cm³/mol. The van der Waals surface area contributed by atoms with Crippen LogP contribution in [0.3, 0.4) is 0 Å². The summed E-state index contributed by atoms with van der Waals surface area (Å²) in [6.07, 6.45) is 5.37. The van der Waals surface area contributed by atoms with Gasteiger partial charge < -0.3 is 5.73 Å². The van der Waals surface area contributed by atoms with Gasteiger partial charge in [0.25, 0.3) is 0 Å². The van der Waals surface area contributed by atoms with Gasteiger partial charge in [0.05, 0.1) is 0 Å². The van der Waals surface area contributed by atoms with Crippen LogP contribution in [-0.2, 0) is 0 Å². The fourth-order valence-electron chi connectivity index (χ4n) is 1.79. The summed E-state index contributed by atoms with van der Waals surface area (Å²) in [5.74, 6) is 0.603. The van der Waals surface area contributed by atoms with Gasteiger partial charge in [0.1, 0.15) is 17.2 Å². The Kier molecular flexibility index (Phi) is 2.83. The first-order chi connectivity index (χ1) is 8.65. The summed E-state index contributed by atoms with van der Waals surface area (Å²) in [6.45, 7) is 0. The summed E-state index contributed by atoms with van der Waals surface area (Å²) in [5.41, 5.74) is 8.57. The molecule has 0 aliphatic heterocycles. The molecule has 0 saturated heterocycles. The van der Waals surface area contributed by atoms with Crippen LogP contribution in [0, 0.1) is 0 Å². The molecular formula is C12H8Br2N4. The van der Waals surface area contributed by atoms with Gasteiger partial charge in [0.2, 0.25) is 0 Å². The molecule has 3 heterocycles. The summed E-state index contributed by atoms with van der Waals surface area (Å²) in [6, 6.07) is 5.79. The highest BCUT2D eigenvalue weighted by Crippen LogP contribution is 2.28. The molecule has 2 N–H and O–H groups in total. The molecule has 0 fully saturated rings. The fourth-order valence-corrected chi connectivity index (χ4v) is 2.49. The number of nitrogens with zero attached hydrogens (tertiary/aromatic N) is 3. The Hall–Kier alpha value is -1.40. The molecule has 3 aromatic heterocycles. The van der Waals surface area contributed by atoms with E-state index in [1.165, 1.54) is 0 Å². The third-order valence-electron chi connectivity index (χ3n) is 2.60. The van der Waals surface area contributed by atoms with Gasteiger partial charge >= 0.3 is 0 Å². The number of halogens is 2. The number of imidazole rings is 1. The molecule has 0 aromatic carbocycles. The van der Waals surface area contributed by atoms with E-state index in [9.17, 15) is 0 Å². The van der Waals surface area contributed by atoms with Crippen molar-refractivity contribution >= 4 is 43.3 Å². The van der Waals surface area contributed by atoms with Crippen LogP contribution in [-0.4, -0.2) is 14.4 Å². The molecule has 0 radical (unpaired) electrons. The largest absolute Gasteiger partial charge is 0.383 e. The zero-order valence-corrected chi connectivity index (χ0v) is 12.3. The summed E-state index contributed by atoms with van der Waals surface area (Å²) in [5, 5.41) is 0. The van der Waals surface area contributed by atoms with Gasteiger partial charge in [-0.15, -0.1) is 0 Å². The number of rotatable bonds is 1. The minimum atomic E-state index is 0.603. The molecule has 0 aliphatic rings. The molecule has 0 amide bonds. The van der Waals surface area contributed by atoms with E-state index in [0.717, 1.165) is 25.8 Å². The maximum Gasteiger partial charge on any atom is 0.139 e. The molecule has 0 aliphatic carbocycles. The molecule has 4 nitrogen and oxygen atoms in total. The summed E-state index contributed by atoms with van der Waals surface area (Å²) in [4.78, 5) is 8.65. The zero-order valence-electron chi connectivity index (χ0n) is 9.14. The third-order valence-corrected chi connectivity index (χ3v) is 3.50. The number of pyridine rings is 2. The van der Waals surface area contributed by atoms with Crippen LogP contribution in [0.15, 0.2) is 45.7 Å². The van der Waals surface area contributed by atoms with Crippen molar-refractivity contribution < 1.29 is 0 Å². The van der Waals surface area contributed by atoms with Gasteiger partial charge in [-0.2, -0.15) is 0 Å². The normalized spacial score (nSPS) is 11.0. The second-order valence-corrected chi connectivity index (χ2v) is 5.64. The highest BCUT2D eigenvalue weighted by atomic mass is 79.9. The SMILES string of the molecule is Nc1c(-c2cncc(Br)c2)nc2ccc(Br)cn12. The van der Waals surface area contributed by atoms with E-state index in [1.54, 1.807) is 12.4 Å². The molecule has 18 heavy (non-hydrogen) atoms. The van der Waals surface area contributed by atoms with Crippen molar-refractivity contribution in [2.45, 2.75) is 0 Å². The Labute approximate surface area is 120 Å². The van der Waals surface area contributed by atoms with E-state index in [-0.39, 0.29) is 0 Å². The van der Waals surface area contributed by atoms with Crippen molar-refractivity contribution in [1.82, 2.24) is 14.4 Å². The van der Waals surface area contributed by atoms with Gasteiger partial charge in [-0.3, -0.25) is 9.38 Å². The van der Waals surface area contributed by atoms with E-state index in [2.05, 4.69) is 41.8 Å². The van der Waals surface area contributed by atoms with E-state index in [0.29, 0.717) is 5.82 Å². The van der Waals surface area contributed by atoms with Crippen molar-refractivity contribution in [3.8, 4) is 11.3 Å². The number of fused-ring (bicyclic) bond motifs is 1. The molecule has 0 spiro atoms. The highest BCUT2D eigenvalue weighted by molar-refractivity contribution is 9.10. The molecule has 0 saturated carbocycles. The smallest absolute Gasteiger partial charge is 0.139 e. The van der Waals surface area contributed by atoms with Crippen molar-refractivity contribution in [2.24, 2.45) is 0 Å². The monoisotopic (exact) mass is 366 g/mol. The first-order valence-electron chi connectivity index (χ1n) is 5.19. The Balaban J connectivity index is 2.27. The summed E-state index contributed by atoms with van der Waals surface area (Å²) < 4.78 is 3.70. The number of hydrogen-bond donors (Lipinski definition) is 1. The minimum Gasteiger partial charge on any atom is -0.383 e. The average Bonchev–Trinajstić information content (AvgIpc) is 2.67. The van der Waals surface area contributed by atoms with E-state index < -0.39 is 0 Å². The molecule has 3 aromatic rings. The maximum atomic E-state index is 6.13. The predicted octanol–water partition coefficient (Wildman–Crippen LogP) is 3.50. The lowest BCUT2D eigenvalue weighted by Crippen LogP contribution is -1.94. The van der Waals surface area contributed by atoms with Gasteiger partial charge in [0, 0.05) is 33.1 Å². The molecule has 3 rings (SSSR count). The molecule has 6 heteroatoms. The number of aromatic nitrogens is 3. The number of nitrogen functional groups attached to an aromatic ring is 1. The van der Waals surface area contributed by atoms with Gasteiger partial charge in [-0.25, -0.2) is 4.98 Å². The van der Waals surface area contributed by atoms with Crippen LogP contribution in [0.2, 0.25) is 0 Å². The molecule has 0 unspecified atom stereocenters. The lowest BCUT2D eigenvalue weighted by atomic mass is 10.2. The van der Waals surface area contributed by atoms with Gasteiger partial charge in [-0.05, 0) is 50.1 Å². The topological polar surface area (TPSA) is 56.2 Å². The van der Waals surface area contributed by atoms with Crippen LogP contribution < -0.4 is 5.73 Å². The van der Waals surface area contributed by atoms with Crippen molar-refractivity contribution in [3.05, 3.63) is 45.7 Å². The summed E-state index contributed by atoms with van der Waals surface area (Å²) >= 11 is 6.81. The van der Waals surface area contributed by atoms with Crippen LogP contribution in [0.4, 0.5) is 5.82 Å². The fraction of sp³-hybridized carbons (Fsp3) is 0. The minimum absolute atomic E-state index is 0.603. The summed E-state index contributed by atoms with van der Waals surface area (Å²) in [7, 11) is 0. The Morgan fingerprint density at radius 1 is 1.11 bits per heavy atom. The van der Waals surface area contributed by atoms with Crippen LogP contribution in [0.25, 0.3) is 16.9 Å². The number of hydrogen-bond acceptors (Lipinski definition) is 3. The Morgan fingerprint density at radius 2 is 1.94 bits per heavy atom. The Morgan fingerprint density at radius 3 is 2.72 bits per heavy atom. The number of nitrogens with two attached hydrogens (primary N) is 1. The van der Waals surface area contributed by atoms with E-state index in [1.807, 2.05) is 28.8 Å². The van der Waals surface area contributed by atoms with Crippen LogP contribution >= 0.6 is 31.9 Å². The highest BCUT2D eigenvalue weighted by Gasteiger charge is 2.11. The molecular weight excluding hydrogens is 360 g/mol. The van der Waals surface area contributed by atoms with Crippen molar-refractivity contribution in [3.63, 3.8) is 0 Å². The first kappa shape index (κ1) is 11.7. The standard InChI is InChI=1S/C12H8Br2N4/c13-8-1-2-10-17-11(12(15)18(10)6-8)7-3-9(14)5-16-4-7/h1-6H,15H2. The van der Waals surface area contributed by atoms with Crippen LogP contribution in [0.5, 0.6) is 0 Å². The lowest BCUT2D eigenvalue weighted by molar-refractivity contribution is 1.18. The van der Waals surface area contributed by atoms with Crippen molar-refractivity contribution in [2.75, 3.05) is 5.73 Å². The van der Waals surface area contributed by atoms with E-state index >= 15 is 0 Å². The maximum absolute atomic E-state index is 6.13. The van der Waals surface area contributed by atoms with Crippen LogP contribution in [0.1, 0.15) is 0 Å². The molecule has 0 atom stereocenters. The quantitative estimate of drug-likeness (QED) is 0.716. The van der Waals surface area contributed by atoms with Gasteiger partial charge in [0.15, 0.2) is 0 Å². The second-order valence-electron chi connectivity index (χ2n) is 3.81. The number of anilines is 1. The first-order valence-corrected chi connectivity index (χ1v) is 6.78. The third kappa shape index (κ3) is 1.91.